The summed E-state index contributed by atoms with van der Waals surface area (Å²) in [5.74, 6) is 1.52. The zero-order valence-electron chi connectivity index (χ0n) is 17.0. The summed E-state index contributed by atoms with van der Waals surface area (Å²) in [5.41, 5.74) is 0.112. The Labute approximate surface area is 178 Å². The van der Waals surface area contributed by atoms with Crippen LogP contribution in [-0.4, -0.2) is 35.6 Å². The van der Waals surface area contributed by atoms with Gasteiger partial charge in [0.2, 0.25) is 0 Å². The van der Waals surface area contributed by atoms with Gasteiger partial charge in [-0.15, -0.1) is 11.3 Å². The van der Waals surface area contributed by atoms with Gasteiger partial charge < -0.3 is 15.5 Å². The van der Waals surface area contributed by atoms with E-state index in [1.165, 1.54) is 25.7 Å². The van der Waals surface area contributed by atoms with Crippen LogP contribution in [0.3, 0.4) is 0 Å². The predicted octanol–water partition coefficient (Wildman–Crippen LogP) is 4.19. The molecule has 0 amide bonds. The van der Waals surface area contributed by atoms with Gasteiger partial charge in [-0.05, 0) is 31.4 Å². The predicted molar refractivity (Wildman–Crippen MR) is 114 cm³/mol. The summed E-state index contributed by atoms with van der Waals surface area (Å²) in [6.45, 7) is 5.27. The molecule has 3 rings (SSSR count). The number of halogens is 3. The van der Waals surface area contributed by atoms with Crippen molar-refractivity contribution < 1.29 is 13.2 Å². The quantitative estimate of drug-likeness (QED) is 0.521. The van der Waals surface area contributed by atoms with Gasteiger partial charge in [-0.1, -0.05) is 18.9 Å². The summed E-state index contributed by atoms with van der Waals surface area (Å²) in [6, 6.07) is 4.06. The average Bonchev–Trinajstić information content (AvgIpc) is 3.05. The van der Waals surface area contributed by atoms with Gasteiger partial charge in [0.05, 0.1) is 13.1 Å². The number of pyridine rings is 1. The lowest BCUT2D eigenvalue weighted by Gasteiger charge is -2.21. The van der Waals surface area contributed by atoms with E-state index in [1.54, 1.807) is 0 Å². The molecule has 10 heteroatoms. The summed E-state index contributed by atoms with van der Waals surface area (Å²) < 4.78 is 38.0. The standard InChI is InChI=1S/C20H27F3N6S/c1-2-24-19(27-13-18-28-16(14-30-18)20(21,22)23)26-12-15-7-8-17(25-11-15)29-9-5-3-4-6-10-29/h7-8,11,14H,2-6,9-10,12-13H2,1H3,(H2,24,26,27). The number of alkyl halides is 3. The SMILES string of the molecule is CCNC(=NCc1ccc(N2CCCCCC2)nc1)NCc1nc(C(F)(F)F)cs1. The zero-order valence-corrected chi connectivity index (χ0v) is 17.8. The molecule has 1 aliphatic heterocycles. The Balaban J connectivity index is 1.56. The first kappa shape index (κ1) is 22.3. The molecule has 0 unspecified atom stereocenters. The Morgan fingerprint density at radius 3 is 2.53 bits per heavy atom. The first-order valence-corrected chi connectivity index (χ1v) is 11.1. The van der Waals surface area contributed by atoms with E-state index in [4.69, 9.17) is 0 Å². The van der Waals surface area contributed by atoms with Crippen molar-refractivity contribution in [2.24, 2.45) is 4.99 Å². The highest BCUT2D eigenvalue weighted by atomic mass is 32.1. The molecule has 0 bridgehead atoms. The third-order valence-electron chi connectivity index (χ3n) is 4.75. The normalized spacial score (nSPS) is 15.7. The lowest BCUT2D eigenvalue weighted by atomic mass is 10.2. The van der Waals surface area contributed by atoms with Crippen LogP contribution < -0.4 is 15.5 Å². The summed E-state index contributed by atoms with van der Waals surface area (Å²) >= 11 is 0.976. The van der Waals surface area contributed by atoms with Crippen LogP contribution in [0.5, 0.6) is 0 Å². The van der Waals surface area contributed by atoms with Gasteiger partial charge in [0.1, 0.15) is 10.8 Å². The van der Waals surface area contributed by atoms with E-state index in [1.807, 2.05) is 25.3 Å². The van der Waals surface area contributed by atoms with Crippen molar-refractivity contribution in [2.75, 3.05) is 24.5 Å². The Bertz CT molecular complexity index is 811. The van der Waals surface area contributed by atoms with Gasteiger partial charge in [0.25, 0.3) is 0 Å². The number of aromatic nitrogens is 2. The number of aliphatic imine (C=N–C) groups is 1. The smallest absolute Gasteiger partial charge is 0.357 e. The maximum atomic E-state index is 12.7. The number of rotatable bonds is 6. The van der Waals surface area contributed by atoms with E-state index in [0.29, 0.717) is 24.1 Å². The highest BCUT2D eigenvalue weighted by Crippen LogP contribution is 2.29. The molecule has 0 spiro atoms. The molecule has 2 N–H and O–H groups in total. The number of nitrogens with zero attached hydrogens (tertiary/aromatic N) is 4. The van der Waals surface area contributed by atoms with Crippen LogP contribution in [0.2, 0.25) is 0 Å². The Morgan fingerprint density at radius 2 is 1.93 bits per heavy atom. The van der Waals surface area contributed by atoms with Gasteiger partial charge >= 0.3 is 6.18 Å². The van der Waals surface area contributed by atoms with Crippen molar-refractivity contribution in [1.29, 1.82) is 0 Å². The molecule has 164 valence electrons. The Hall–Kier alpha value is -2.36. The highest BCUT2D eigenvalue weighted by Gasteiger charge is 2.33. The summed E-state index contributed by atoms with van der Waals surface area (Å²) in [4.78, 5) is 15.0. The first-order valence-electron chi connectivity index (χ1n) is 10.2. The Kier molecular flexibility index (Phi) is 7.89. The van der Waals surface area contributed by atoms with E-state index in [9.17, 15) is 13.2 Å². The van der Waals surface area contributed by atoms with Crippen molar-refractivity contribution in [3.8, 4) is 0 Å². The molecule has 30 heavy (non-hydrogen) atoms. The summed E-state index contributed by atoms with van der Waals surface area (Å²) in [7, 11) is 0. The minimum Gasteiger partial charge on any atom is -0.357 e. The molecular weight excluding hydrogens is 413 g/mol. The Morgan fingerprint density at radius 1 is 1.17 bits per heavy atom. The number of thiazole rings is 1. The van der Waals surface area contributed by atoms with Crippen molar-refractivity contribution >= 4 is 23.1 Å². The fourth-order valence-corrected chi connectivity index (χ4v) is 3.93. The largest absolute Gasteiger partial charge is 0.434 e. The van der Waals surface area contributed by atoms with Crippen LogP contribution in [0.4, 0.5) is 19.0 Å². The second-order valence-corrected chi connectivity index (χ2v) is 8.04. The van der Waals surface area contributed by atoms with Gasteiger partial charge in [-0.3, -0.25) is 0 Å². The summed E-state index contributed by atoms with van der Waals surface area (Å²) in [6.07, 6.45) is 2.39. The highest BCUT2D eigenvalue weighted by molar-refractivity contribution is 7.09. The van der Waals surface area contributed by atoms with Gasteiger partial charge in [0.15, 0.2) is 11.7 Å². The fourth-order valence-electron chi connectivity index (χ4n) is 3.19. The van der Waals surface area contributed by atoms with Crippen LogP contribution in [-0.2, 0) is 19.3 Å². The van der Waals surface area contributed by atoms with Gasteiger partial charge in [0, 0.05) is 31.2 Å². The van der Waals surface area contributed by atoms with Crippen LogP contribution in [0.15, 0.2) is 28.7 Å². The number of anilines is 1. The van der Waals surface area contributed by atoms with Gasteiger partial charge in [-0.25, -0.2) is 15.0 Å². The molecular formula is C20H27F3N6S. The molecule has 1 fully saturated rings. The van der Waals surface area contributed by atoms with Crippen molar-refractivity contribution in [3.63, 3.8) is 0 Å². The molecule has 6 nitrogen and oxygen atoms in total. The average molecular weight is 441 g/mol. The number of hydrogen-bond donors (Lipinski definition) is 2. The maximum Gasteiger partial charge on any atom is 0.434 e. The van der Waals surface area contributed by atoms with E-state index in [-0.39, 0.29) is 6.54 Å². The molecule has 0 aliphatic carbocycles. The molecule has 0 atom stereocenters. The lowest BCUT2D eigenvalue weighted by Crippen LogP contribution is -2.36. The van der Waals surface area contributed by atoms with Crippen molar-refractivity contribution in [1.82, 2.24) is 20.6 Å². The van der Waals surface area contributed by atoms with E-state index in [2.05, 4.69) is 30.5 Å². The summed E-state index contributed by atoms with van der Waals surface area (Å²) in [5, 5.41) is 7.51. The van der Waals surface area contributed by atoms with Crippen molar-refractivity contribution in [3.05, 3.63) is 40.0 Å². The second kappa shape index (κ2) is 10.6. The minimum atomic E-state index is -4.42. The van der Waals surface area contributed by atoms with Crippen molar-refractivity contribution in [2.45, 2.75) is 51.9 Å². The molecule has 0 radical (unpaired) electrons. The zero-order chi connectivity index (χ0) is 21.4. The number of guanidine groups is 1. The van der Waals surface area contributed by atoms with Gasteiger partial charge in [-0.2, -0.15) is 13.2 Å². The lowest BCUT2D eigenvalue weighted by molar-refractivity contribution is -0.140. The molecule has 1 saturated heterocycles. The van der Waals surface area contributed by atoms with Crippen LogP contribution >= 0.6 is 11.3 Å². The molecule has 3 heterocycles. The second-order valence-electron chi connectivity index (χ2n) is 7.10. The van der Waals surface area contributed by atoms with Crippen LogP contribution in [0.25, 0.3) is 0 Å². The van der Waals surface area contributed by atoms with Crippen LogP contribution in [0, 0.1) is 0 Å². The maximum absolute atomic E-state index is 12.7. The minimum absolute atomic E-state index is 0.179. The first-order chi connectivity index (χ1) is 14.5. The molecule has 1 aliphatic rings. The van der Waals surface area contributed by atoms with Crippen LogP contribution in [0.1, 0.15) is 48.9 Å². The molecule has 2 aromatic rings. The third-order valence-corrected chi connectivity index (χ3v) is 5.60. The molecule has 0 saturated carbocycles. The topological polar surface area (TPSA) is 65.4 Å². The van der Waals surface area contributed by atoms with E-state index < -0.39 is 11.9 Å². The molecule has 0 aromatic carbocycles. The monoisotopic (exact) mass is 440 g/mol. The fraction of sp³-hybridized carbons (Fsp3) is 0.550. The number of nitrogens with one attached hydrogen (secondary N) is 2. The van der Waals surface area contributed by atoms with E-state index >= 15 is 0 Å². The van der Waals surface area contributed by atoms with E-state index in [0.717, 1.165) is 41.2 Å². The molecule has 2 aromatic heterocycles. The number of hydrogen-bond acceptors (Lipinski definition) is 5. The third kappa shape index (κ3) is 6.58.